The van der Waals surface area contributed by atoms with E-state index in [1.807, 2.05) is 55.4 Å². The largest absolute Gasteiger partial charge is 0.444 e. The fourth-order valence-electron chi connectivity index (χ4n) is 3.77. The van der Waals surface area contributed by atoms with Crippen molar-refractivity contribution in [2.45, 2.75) is 92.3 Å². The van der Waals surface area contributed by atoms with Crippen LogP contribution in [0.15, 0.2) is 0 Å². The maximum Gasteiger partial charge on any atom is 0.410 e. The number of ether oxygens (including phenoxy) is 2. The van der Waals surface area contributed by atoms with Crippen molar-refractivity contribution in [3.8, 4) is 0 Å². The first-order valence-corrected chi connectivity index (χ1v) is 11.5. The zero-order chi connectivity index (χ0) is 24.8. The van der Waals surface area contributed by atoms with Crippen molar-refractivity contribution in [2.75, 3.05) is 32.8 Å². The van der Waals surface area contributed by atoms with Gasteiger partial charge in [0.25, 0.3) is 0 Å². The summed E-state index contributed by atoms with van der Waals surface area (Å²) in [5.41, 5.74) is -1.51. The highest BCUT2D eigenvalue weighted by atomic mass is 16.6. The summed E-state index contributed by atoms with van der Waals surface area (Å²) in [5, 5.41) is 9.30. The first kappa shape index (κ1) is 28.2. The standard InChI is InChI=1S/C12H23NO3.C12H21NO3/c2*1-11(2,3)16-10(15)13-7-5-6-12(4,8-13)9-14/h14H,5-9H2,1-4H3;9H,5-8H2,1-4H3. The van der Waals surface area contributed by atoms with Crippen LogP contribution in [0.1, 0.15) is 81.1 Å². The summed E-state index contributed by atoms with van der Waals surface area (Å²) in [4.78, 5) is 37.9. The lowest BCUT2D eigenvalue weighted by Gasteiger charge is -2.39. The lowest BCUT2D eigenvalue weighted by atomic mass is 9.83. The van der Waals surface area contributed by atoms with Gasteiger partial charge in [-0.25, -0.2) is 9.59 Å². The Morgan fingerprint density at radius 3 is 1.72 bits per heavy atom. The average molecular weight is 457 g/mol. The van der Waals surface area contributed by atoms with E-state index in [0.29, 0.717) is 19.6 Å². The minimum absolute atomic E-state index is 0.117. The van der Waals surface area contributed by atoms with Crippen molar-refractivity contribution < 1.29 is 29.0 Å². The predicted octanol–water partition coefficient (Wildman–Crippen LogP) is 4.24. The van der Waals surface area contributed by atoms with Gasteiger partial charge >= 0.3 is 12.2 Å². The molecule has 0 aliphatic carbocycles. The summed E-state index contributed by atoms with van der Waals surface area (Å²) in [6.45, 7) is 17.6. The molecule has 2 heterocycles. The lowest BCUT2D eigenvalue weighted by molar-refractivity contribution is -0.117. The van der Waals surface area contributed by atoms with E-state index >= 15 is 0 Å². The van der Waals surface area contributed by atoms with Gasteiger partial charge in [0.05, 0.1) is 6.61 Å². The van der Waals surface area contributed by atoms with Gasteiger partial charge in [-0.2, -0.15) is 0 Å². The number of aliphatic hydroxyl groups is 1. The molecule has 2 rings (SSSR count). The number of aliphatic hydroxyl groups excluding tert-OH is 1. The van der Waals surface area contributed by atoms with Crippen LogP contribution < -0.4 is 0 Å². The maximum absolute atomic E-state index is 11.8. The van der Waals surface area contributed by atoms with Crippen LogP contribution in [-0.4, -0.2) is 77.4 Å². The molecule has 1 N–H and O–H groups in total. The van der Waals surface area contributed by atoms with Gasteiger partial charge in [0.2, 0.25) is 0 Å². The maximum atomic E-state index is 11.8. The molecule has 8 heteroatoms. The van der Waals surface area contributed by atoms with E-state index in [2.05, 4.69) is 0 Å². The molecule has 2 fully saturated rings. The Labute approximate surface area is 193 Å². The van der Waals surface area contributed by atoms with Crippen molar-refractivity contribution in [1.29, 1.82) is 0 Å². The molecular weight excluding hydrogens is 412 g/mol. The van der Waals surface area contributed by atoms with Crippen LogP contribution in [0.5, 0.6) is 0 Å². The molecule has 0 radical (unpaired) electrons. The Morgan fingerprint density at radius 1 is 0.875 bits per heavy atom. The summed E-state index contributed by atoms with van der Waals surface area (Å²) < 4.78 is 10.6. The fourth-order valence-corrected chi connectivity index (χ4v) is 3.77. The van der Waals surface area contributed by atoms with Crippen LogP contribution in [0.4, 0.5) is 9.59 Å². The average Bonchev–Trinajstić information content (AvgIpc) is 2.66. The van der Waals surface area contributed by atoms with Gasteiger partial charge in [0, 0.05) is 37.0 Å². The van der Waals surface area contributed by atoms with Gasteiger partial charge in [-0.05, 0) is 67.2 Å². The van der Waals surface area contributed by atoms with E-state index in [-0.39, 0.29) is 24.2 Å². The molecule has 0 aromatic heterocycles. The van der Waals surface area contributed by atoms with E-state index < -0.39 is 16.6 Å². The second-order valence-corrected chi connectivity index (χ2v) is 11.8. The number of carbonyl (C=O) groups is 3. The minimum atomic E-state index is -0.480. The van der Waals surface area contributed by atoms with Gasteiger partial charge in [-0.3, -0.25) is 0 Å². The zero-order valence-corrected chi connectivity index (χ0v) is 21.3. The molecule has 2 atom stereocenters. The summed E-state index contributed by atoms with van der Waals surface area (Å²) >= 11 is 0. The molecule has 0 aromatic carbocycles. The number of hydrogen-bond acceptors (Lipinski definition) is 6. The smallest absolute Gasteiger partial charge is 0.410 e. The number of rotatable bonds is 2. The Hall–Kier alpha value is -1.83. The highest BCUT2D eigenvalue weighted by Crippen LogP contribution is 2.30. The molecule has 2 aliphatic rings. The van der Waals surface area contributed by atoms with Crippen LogP contribution in [0, 0.1) is 10.8 Å². The van der Waals surface area contributed by atoms with Crippen LogP contribution in [0.25, 0.3) is 0 Å². The SMILES string of the molecule is CC1(C=O)CCCN(C(=O)OC(C)(C)C)C1.CC1(CO)CCCN(C(=O)OC(C)(C)C)C1. The number of piperidine rings is 2. The molecule has 0 bridgehead atoms. The Kier molecular flexibility index (Phi) is 9.57. The third-order valence-electron chi connectivity index (χ3n) is 5.48. The first-order chi connectivity index (χ1) is 14.5. The number of aldehydes is 1. The quantitative estimate of drug-likeness (QED) is 0.625. The first-order valence-electron chi connectivity index (χ1n) is 11.5. The Morgan fingerprint density at radius 2 is 1.31 bits per heavy atom. The lowest BCUT2D eigenvalue weighted by Crippen LogP contribution is -2.48. The predicted molar refractivity (Wildman–Crippen MR) is 123 cm³/mol. The van der Waals surface area contributed by atoms with Gasteiger partial charge in [-0.15, -0.1) is 0 Å². The van der Waals surface area contributed by atoms with Gasteiger partial charge in [-0.1, -0.05) is 13.8 Å². The number of amides is 2. The van der Waals surface area contributed by atoms with Crippen LogP contribution in [-0.2, 0) is 14.3 Å². The molecule has 8 nitrogen and oxygen atoms in total. The molecule has 186 valence electrons. The van der Waals surface area contributed by atoms with Gasteiger partial charge in [0.15, 0.2) is 0 Å². The molecule has 0 saturated carbocycles. The van der Waals surface area contributed by atoms with Crippen molar-refractivity contribution in [3.05, 3.63) is 0 Å². The summed E-state index contributed by atoms with van der Waals surface area (Å²) in [6.07, 6.45) is 3.94. The zero-order valence-electron chi connectivity index (χ0n) is 21.3. The molecule has 2 saturated heterocycles. The molecule has 2 aliphatic heterocycles. The number of nitrogens with zero attached hydrogens (tertiary/aromatic N) is 2. The normalized spacial score (nSPS) is 26.5. The second kappa shape index (κ2) is 10.9. The van der Waals surface area contributed by atoms with E-state index in [4.69, 9.17) is 9.47 Å². The molecule has 2 amide bonds. The Balaban J connectivity index is 0.000000320. The molecule has 0 aromatic rings. The highest BCUT2D eigenvalue weighted by Gasteiger charge is 2.35. The van der Waals surface area contributed by atoms with Crippen LogP contribution in [0.3, 0.4) is 0 Å². The third-order valence-corrected chi connectivity index (χ3v) is 5.48. The topological polar surface area (TPSA) is 96.4 Å². The summed E-state index contributed by atoms with van der Waals surface area (Å²) in [5.74, 6) is 0. The van der Waals surface area contributed by atoms with E-state index in [9.17, 15) is 19.5 Å². The van der Waals surface area contributed by atoms with Crippen molar-refractivity contribution >= 4 is 18.5 Å². The summed E-state index contributed by atoms with van der Waals surface area (Å²) in [7, 11) is 0. The van der Waals surface area contributed by atoms with E-state index in [1.54, 1.807) is 9.80 Å². The van der Waals surface area contributed by atoms with Gasteiger partial charge < -0.3 is 29.2 Å². The summed E-state index contributed by atoms with van der Waals surface area (Å²) in [6, 6.07) is 0. The van der Waals surface area contributed by atoms with Crippen LogP contribution >= 0.6 is 0 Å². The van der Waals surface area contributed by atoms with Gasteiger partial charge in [0.1, 0.15) is 17.5 Å². The monoisotopic (exact) mass is 456 g/mol. The van der Waals surface area contributed by atoms with Crippen molar-refractivity contribution in [3.63, 3.8) is 0 Å². The third kappa shape index (κ3) is 9.76. The van der Waals surface area contributed by atoms with Crippen LogP contribution in [0.2, 0.25) is 0 Å². The number of carbonyl (C=O) groups excluding carboxylic acids is 3. The number of likely N-dealkylation sites (tertiary alicyclic amines) is 2. The molecule has 0 spiro atoms. The van der Waals surface area contributed by atoms with E-state index in [0.717, 1.165) is 38.5 Å². The molecule has 2 unspecified atom stereocenters. The fraction of sp³-hybridized carbons (Fsp3) is 0.875. The van der Waals surface area contributed by atoms with Crippen molar-refractivity contribution in [1.82, 2.24) is 9.80 Å². The van der Waals surface area contributed by atoms with E-state index in [1.165, 1.54) is 0 Å². The van der Waals surface area contributed by atoms with Crippen molar-refractivity contribution in [2.24, 2.45) is 10.8 Å². The number of hydrogen-bond donors (Lipinski definition) is 1. The second-order valence-electron chi connectivity index (χ2n) is 11.8. The Bertz CT molecular complexity index is 654. The minimum Gasteiger partial charge on any atom is -0.444 e. The molecular formula is C24H44N2O6. The highest BCUT2D eigenvalue weighted by molar-refractivity contribution is 5.70. The molecule has 32 heavy (non-hydrogen) atoms.